The molecule has 8 rings (SSSR count). The number of anilines is 4. The summed E-state index contributed by atoms with van der Waals surface area (Å²) in [7, 11) is -7.29. The van der Waals surface area contributed by atoms with Crippen LogP contribution in [0.2, 0.25) is 0 Å². The molecule has 0 unspecified atom stereocenters. The van der Waals surface area contributed by atoms with Gasteiger partial charge in [0, 0.05) is 0 Å². The summed E-state index contributed by atoms with van der Waals surface area (Å²) in [6.07, 6.45) is 23.3. The maximum absolute atomic E-state index is 7.57. The number of rotatable bonds is 21. The normalized spacial score (nSPS) is 19.5. The Morgan fingerprint density at radius 1 is 0.333 bits per heavy atom. The van der Waals surface area contributed by atoms with E-state index in [1.54, 1.807) is 0 Å². The van der Waals surface area contributed by atoms with E-state index in [1.807, 2.05) is 0 Å². The Morgan fingerprint density at radius 3 is 0.889 bits per heavy atom. The molecule has 4 aromatic rings. The average Bonchev–Trinajstić information content (AvgIpc) is 3.85. The summed E-state index contributed by atoms with van der Waals surface area (Å²) in [5, 5.41) is 0. The zero-order valence-corrected chi connectivity index (χ0v) is 34.6. The molecule has 0 aliphatic carbocycles. The SMILES string of the molecule is CCCCCCCCCCP12(CCP34(CCCCCCCCCC)Oc5ccccc5N3c3ccccc3O4)Oc3ccccc3N1c1ccccc1O2. The third-order valence-electron chi connectivity index (χ3n) is 12.4. The first kappa shape index (κ1) is 37.5. The molecule has 6 nitrogen and oxygen atoms in total. The molecule has 4 heterocycles. The van der Waals surface area contributed by atoms with Crippen molar-refractivity contribution < 1.29 is 18.1 Å². The Balaban J connectivity index is 1.16. The first-order chi connectivity index (χ1) is 26.5. The zero-order chi connectivity index (χ0) is 37.0. The fourth-order valence-corrected chi connectivity index (χ4v) is 21.9. The van der Waals surface area contributed by atoms with Crippen molar-refractivity contribution in [2.45, 2.75) is 117 Å². The number of para-hydroxylation sites is 8. The molecule has 54 heavy (non-hydrogen) atoms. The minimum absolute atomic E-state index is 0.721. The van der Waals surface area contributed by atoms with Gasteiger partial charge in [0.15, 0.2) is 0 Å². The summed E-state index contributed by atoms with van der Waals surface area (Å²) in [4.78, 5) is 0. The fraction of sp³-hybridized carbons (Fsp3) is 0.478. The molecular formula is C46H62N2O4P2. The number of hydrogen-bond acceptors (Lipinski definition) is 6. The molecule has 0 amide bonds. The van der Waals surface area contributed by atoms with Crippen LogP contribution in [-0.4, -0.2) is 24.6 Å². The molecule has 0 aromatic heterocycles. The Labute approximate surface area is 324 Å². The van der Waals surface area contributed by atoms with Crippen molar-refractivity contribution in [2.75, 3.05) is 34.0 Å². The van der Waals surface area contributed by atoms with Gasteiger partial charge in [0.1, 0.15) is 0 Å². The van der Waals surface area contributed by atoms with E-state index >= 15 is 0 Å². The van der Waals surface area contributed by atoms with E-state index in [2.05, 4.69) is 120 Å². The van der Waals surface area contributed by atoms with E-state index in [4.69, 9.17) is 18.1 Å². The van der Waals surface area contributed by atoms with Crippen LogP contribution < -0.4 is 27.4 Å². The second-order valence-electron chi connectivity index (χ2n) is 16.2. The van der Waals surface area contributed by atoms with Gasteiger partial charge < -0.3 is 0 Å². The third-order valence-corrected chi connectivity index (χ3v) is 22.4. The van der Waals surface area contributed by atoms with Crippen LogP contribution in [0, 0.1) is 0 Å². The molecule has 0 saturated heterocycles. The Kier molecular flexibility index (Phi) is 10.8. The fourth-order valence-electron chi connectivity index (χ4n) is 9.65. The quantitative estimate of drug-likeness (QED) is 0.0621. The van der Waals surface area contributed by atoms with Crippen molar-refractivity contribution >= 4 is 37.2 Å². The van der Waals surface area contributed by atoms with E-state index in [1.165, 1.54) is 89.9 Å². The number of nitrogens with zero attached hydrogens (tertiary/aromatic N) is 2. The van der Waals surface area contributed by atoms with Crippen molar-refractivity contribution in [1.29, 1.82) is 0 Å². The first-order valence-corrected chi connectivity index (χ1v) is 26.1. The van der Waals surface area contributed by atoms with Crippen molar-refractivity contribution in [3.8, 4) is 23.0 Å². The summed E-state index contributed by atoms with van der Waals surface area (Å²) < 4.78 is 35.4. The van der Waals surface area contributed by atoms with Gasteiger partial charge in [0.2, 0.25) is 0 Å². The van der Waals surface area contributed by atoms with Gasteiger partial charge in [-0.25, -0.2) is 0 Å². The second kappa shape index (κ2) is 15.6. The van der Waals surface area contributed by atoms with Gasteiger partial charge in [-0.2, -0.15) is 0 Å². The van der Waals surface area contributed by atoms with Gasteiger partial charge in [-0.3, -0.25) is 0 Å². The first-order valence-electron chi connectivity index (χ1n) is 21.3. The molecule has 4 aliphatic heterocycles. The van der Waals surface area contributed by atoms with E-state index in [9.17, 15) is 0 Å². The molecule has 8 heteroatoms. The predicted octanol–water partition coefficient (Wildman–Crippen LogP) is 15.1. The van der Waals surface area contributed by atoms with Crippen LogP contribution in [-0.2, 0) is 0 Å². The van der Waals surface area contributed by atoms with Gasteiger partial charge in [0.05, 0.1) is 0 Å². The van der Waals surface area contributed by atoms with Crippen LogP contribution in [0.5, 0.6) is 23.0 Å². The second-order valence-corrected chi connectivity index (χ2v) is 24.6. The molecule has 0 bridgehead atoms. The van der Waals surface area contributed by atoms with E-state index in [-0.39, 0.29) is 0 Å². The van der Waals surface area contributed by atoms with Gasteiger partial charge in [-0.15, -0.1) is 0 Å². The Hall–Kier alpha value is -3.46. The number of hydrogen-bond donors (Lipinski definition) is 0. The number of benzene rings is 4. The number of fused-ring (bicyclic) bond motifs is 10. The monoisotopic (exact) mass is 768 g/mol. The van der Waals surface area contributed by atoms with Crippen molar-refractivity contribution in [3.63, 3.8) is 0 Å². The maximum atomic E-state index is 7.57. The average molecular weight is 769 g/mol. The molecule has 290 valence electrons. The molecular weight excluding hydrogens is 706 g/mol. The standard InChI is InChI=1S/C46H62N2O4P2/c1-3-5-7-9-11-13-15-25-35-53(47(39-27-17-21-31-43(39)49-53)40-28-18-22-32-44(40)50-53)37-38-54(36-26-16-14-12-10-8-6-4-2)48(41-29-19-23-33-45(41)51-54)42-30-20-24-34-46(42)52-54/h17-24,27-34H,3-16,25-26,35-38H2,1-2H3. The van der Waals surface area contributed by atoms with Crippen molar-refractivity contribution in [2.24, 2.45) is 0 Å². The van der Waals surface area contributed by atoms with E-state index < -0.39 is 14.4 Å². The molecule has 0 radical (unpaired) electrons. The van der Waals surface area contributed by atoms with Crippen molar-refractivity contribution in [1.82, 2.24) is 0 Å². The van der Waals surface area contributed by atoms with Crippen LogP contribution in [0.1, 0.15) is 117 Å². The molecule has 4 aromatic carbocycles. The topological polar surface area (TPSA) is 43.4 Å². The molecule has 0 fully saturated rings. The van der Waals surface area contributed by atoms with Gasteiger partial charge in [0.25, 0.3) is 0 Å². The summed E-state index contributed by atoms with van der Waals surface area (Å²) >= 11 is 0. The van der Waals surface area contributed by atoms with Crippen LogP contribution in [0.4, 0.5) is 22.7 Å². The molecule has 4 aliphatic rings. The van der Waals surface area contributed by atoms with Gasteiger partial charge in [-0.1, -0.05) is 0 Å². The summed E-state index contributed by atoms with van der Waals surface area (Å²) in [6, 6.07) is 34.4. The van der Waals surface area contributed by atoms with Gasteiger partial charge >= 0.3 is 326 Å². The minimum atomic E-state index is -3.65. The molecule has 0 spiro atoms. The van der Waals surface area contributed by atoms with Crippen LogP contribution >= 0.6 is 14.4 Å². The Morgan fingerprint density at radius 2 is 0.593 bits per heavy atom. The van der Waals surface area contributed by atoms with Crippen molar-refractivity contribution in [3.05, 3.63) is 97.1 Å². The molecule has 0 N–H and O–H groups in total. The molecule has 0 saturated carbocycles. The van der Waals surface area contributed by atoms with E-state index in [0.717, 1.165) is 83.2 Å². The zero-order valence-electron chi connectivity index (χ0n) is 32.8. The summed E-state index contributed by atoms with van der Waals surface area (Å²) in [5.41, 5.74) is 4.49. The summed E-state index contributed by atoms with van der Waals surface area (Å²) in [5.74, 6) is 3.73. The van der Waals surface area contributed by atoms with Crippen LogP contribution in [0.15, 0.2) is 97.1 Å². The van der Waals surface area contributed by atoms with Crippen LogP contribution in [0.3, 0.4) is 0 Å². The van der Waals surface area contributed by atoms with E-state index in [0.29, 0.717) is 0 Å². The Bertz CT molecular complexity index is 1680. The van der Waals surface area contributed by atoms with Gasteiger partial charge in [-0.05, 0) is 0 Å². The molecule has 0 atom stereocenters. The predicted molar refractivity (Wildman–Crippen MR) is 231 cm³/mol. The third kappa shape index (κ3) is 6.54. The van der Waals surface area contributed by atoms with Crippen LogP contribution in [0.25, 0.3) is 0 Å². The number of unbranched alkanes of at least 4 members (excludes halogenated alkanes) is 14. The summed E-state index contributed by atoms with van der Waals surface area (Å²) in [6.45, 7) is 4.58.